The molecule has 2 unspecified atom stereocenters. The van der Waals surface area contributed by atoms with E-state index in [4.69, 9.17) is 21.7 Å². The van der Waals surface area contributed by atoms with Crippen LogP contribution >= 0.6 is 11.6 Å². The largest absolute Gasteiger partial charge is 0.329 e. The van der Waals surface area contributed by atoms with E-state index in [2.05, 4.69) is 71.6 Å². The van der Waals surface area contributed by atoms with Gasteiger partial charge in [-0.15, -0.1) is 0 Å². The van der Waals surface area contributed by atoms with Crippen molar-refractivity contribution in [3.8, 4) is 0 Å². The minimum Gasteiger partial charge on any atom is -0.329 e. The van der Waals surface area contributed by atoms with E-state index < -0.39 is 0 Å². The number of rotatable bonds is 3. The Morgan fingerprint density at radius 3 is 2.12 bits per heavy atom. The number of hydrogen-bond donors (Lipinski definition) is 0. The zero-order chi connectivity index (χ0) is 23.1. The van der Waals surface area contributed by atoms with E-state index in [0.717, 1.165) is 34.0 Å². The Hall–Kier alpha value is -3.89. The third-order valence-electron chi connectivity index (χ3n) is 6.43. The fraction of sp³-hybridized carbons (Fsp3) is 0.103. The van der Waals surface area contributed by atoms with Gasteiger partial charge in [-0.25, -0.2) is 0 Å². The molecule has 2 atom stereocenters. The Morgan fingerprint density at radius 1 is 0.765 bits per heavy atom. The van der Waals surface area contributed by atoms with Crippen molar-refractivity contribution in [2.24, 2.45) is 10.1 Å². The van der Waals surface area contributed by atoms with Crippen LogP contribution in [0.1, 0.15) is 22.7 Å². The summed E-state index contributed by atoms with van der Waals surface area (Å²) in [6.45, 7) is 0. The van der Waals surface area contributed by atoms with Crippen LogP contribution in [0.5, 0.6) is 0 Å². The SMILES string of the molecule is CN1C2=NN(c3ccccc3)C(c3ccccc3)C2N=C(c2ccccc2)c2cc(Cl)ccc21. The number of aliphatic imine (C=N–C) groups is 1. The minimum atomic E-state index is -0.200. The number of fused-ring (bicyclic) bond motifs is 2. The van der Waals surface area contributed by atoms with Crippen LogP contribution in [0, 0.1) is 0 Å². The molecule has 0 fully saturated rings. The lowest BCUT2D eigenvalue weighted by Crippen LogP contribution is -2.36. The lowest BCUT2D eigenvalue weighted by atomic mass is 9.98. The summed E-state index contributed by atoms with van der Waals surface area (Å²) in [5, 5.41) is 7.96. The first-order chi connectivity index (χ1) is 16.7. The molecule has 0 aromatic heterocycles. The van der Waals surface area contributed by atoms with Crippen molar-refractivity contribution in [2.45, 2.75) is 12.1 Å². The van der Waals surface area contributed by atoms with Crippen LogP contribution in [-0.2, 0) is 0 Å². The molecule has 166 valence electrons. The topological polar surface area (TPSA) is 31.2 Å². The van der Waals surface area contributed by atoms with Gasteiger partial charge in [-0.2, -0.15) is 5.10 Å². The molecule has 34 heavy (non-hydrogen) atoms. The minimum absolute atomic E-state index is 0.0791. The summed E-state index contributed by atoms with van der Waals surface area (Å²) in [6.07, 6.45) is 0. The summed E-state index contributed by atoms with van der Waals surface area (Å²) >= 11 is 6.47. The average Bonchev–Trinajstić information content (AvgIpc) is 3.22. The Bertz CT molecular complexity index is 1380. The molecule has 0 spiro atoms. The van der Waals surface area contributed by atoms with Crippen molar-refractivity contribution in [2.75, 3.05) is 17.0 Å². The number of hydrazone groups is 1. The summed E-state index contributed by atoms with van der Waals surface area (Å²) in [5.74, 6) is 0.909. The number of halogens is 1. The van der Waals surface area contributed by atoms with Gasteiger partial charge in [0.05, 0.1) is 17.1 Å². The lowest BCUT2D eigenvalue weighted by molar-refractivity contribution is 0.641. The molecule has 2 aliphatic rings. The van der Waals surface area contributed by atoms with E-state index in [1.54, 1.807) is 0 Å². The summed E-state index contributed by atoms with van der Waals surface area (Å²) in [5.41, 5.74) is 6.25. The maximum absolute atomic E-state index is 6.47. The number of likely N-dealkylation sites (N-methyl/N-ethyl adjacent to an activating group) is 1. The molecule has 6 rings (SSSR count). The third-order valence-corrected chi connectivity index (χ3v) is 6.67. The van der Waals surface area contributed by atoms with Gasteiger partial charge in [0.25, 0.3) is 0 Å². The van der Waals surface area contributed by atoms with Crippen LogP contribution < -0.4 is 9.91 Å². The number of para-hydroxylation sites is 1. The first kappa shape index (κ1) is 20.7. The van der Waals surface area contributed by atoms with E-state index in [9.17, 15) is 0 Å². The molecule has 0 amide bonds. The van der Waals surface area contributed by atoms with E-state index in [1.165, 1.54) is 5.56 Å². The fourth-order valence-electron chi connectivity index (χ4n) is 4.82. The standard InChI is InChI=1S/C29H23ClN4/c1-33-25-18-17-22(30)19-24(25)26(20-11-5-2-6-12-20)31-27-28(21-13-7-3-8-14-21)34(32-29(27)33)23-15-9-4-10-16-23/h2-19,27-28H,1H3. The molecule has 4 aromatic rings. The van der Waals surface area contributed by atoms with E-state index in [1.807, 2.05) is 54.6 Å². The fourth-order valence-corrected chi connectivity index (χ4v) is 4.99. The average molecular weight is 463 g/mol. The summed E-state index contributed by atoms with van der Waals surface area (Å²) in [6, 6.07) is 36.9. The van der Waals surface area contributed by atoms with Crippen molar-refractivity contribution in [3.63, 3.8) is 0 Å². The maximum Gasteiger partial charge on any atom is 0.157 e. The lowest BCUT2D eigenvalue weighted by Gasteiger charge is -2.27. The first-order valence-corrected chi connectivity index (χ1v) is 11.7. The Kier molecular flexibility index (Phi) is 5.16. The molecule has 4 nitrogen and oxygen atoms in total. The van der Waals surface area contributed by atoms with E-state index >= 15 is 0 Å². The van der Waals surface area contributed by atoms with Gasteiger partial charge in [0.15, 0.2) is 5.84 Å². The number of nitrogens with zero attached hydrogens (tertiary/aromatic N) is 4. The second-order valence-electron chi connectivity index (χ2n) is 8.50. The van der Waals surface area contributed by atoms with Gasteiger partial charge in [-0.3, -0.25) is 10.0 Å². The van der Waals surface area contributed by atoms with Crippen molar-refractivity contribution in [3.05, 3.63) is 131 Å². The normalized spacial score (nSPS) is 19.1. The number of anilines is 2. The van der Waals surface area contributed by atoms with Crippen LogP contribution in [0.2, 0.25) is 5.02 Å². The van der Waals surface area contributed by atoms with Gasteiger partial charge < -0.3 is 4.90 Å². The summed E-state index contributed by atoms with van der Waals surface area (Å²) in [7, 11) is 2.07. The molecule has 0 saturated carbocycles. The predicted molar refractivity (Wildman–Crippen MR) is 141 cm³/mol. The Labute approximate surface area is 204 Å². The van der Waals surface area contributed by atoms with Crippen molar-refractivity contribution in [1.82, 2.24) is 0 Å². The molecule has 2 heterocycles. The summed E-state index contributed by atoms with van der Waals surface area (Å²) < 4.78 is 0. The molecule has 0 radical (unpaired) electrons. The molecule has 5 heteroatoms. The highest BCUT2D eigenvalue weighted by Crippen LogP contribution is 2.41. The van der Waals surface area contributed by atoms with Crippen molar-refractivity contribution < 1.29 is 0 Å². The van der Waals surface area contributed by atoms with Crippen LogP contribution in [0.4, 0.5) is 11.4 Å². The van der Waals surface area contributed by atoms with Crippen LogP contribution in [-0.4, -0.2) is 24.6 Å². The third kappa shape index (κ3) is 3.47. The molecule has 2 aliphatic heterocycles. The van der Waals surface area contributed by atoms with Crippen LogP contribution in [0.15, 0.2) is 119 Å². The predicted octanol–water partition coefficient (Wildman–Crippen LogP) is 6.57. The second kappa shape index (κ2) is 8.47. The molecule has 4 aromatic carbocycles. The molecule has 0 aliphatic carbocycles. The Balaban J connectivity index is 1.60. The van der Waals surface area contributed by atoms with Crippen molar-refractivity contribution >= 4 is 34.5 Å². The van der Waals surface area contributed by atoms with Gasteiger partial charge in [-0.1, -0.05) is 90.5 Å². The molecular formula is C29H23ClN4. The first-order valence-electron chi connectivity index (χ1n) is 11.4. The zero-order valence-electron chi connectivity index (χ0n) is 18.7. The van der Waals surface area contributed by atoms with Crippen LogP contribution in [0.3, 0.4) is 0 Å². The molecule has 0 bridgehead atoms. The van der Waals surface area contributed by atoms with Crippen molar-refractivity contribution in [1.29, 1.82) is 0 Å². The Morgan fingerprint density at radius 2 is 1.41 bits per heavy atom. The van der Waals surface area contributed by atoms with Gasteiger partial charge in [0.1, 0.15) is 12.1 Å². The smallest absolute Gasteiger partial charge is 0.157 e. The number of hydrogen-bond acceptors (Lipinski definition) is 4. The van der Waals surface area contributed by atoms with E-state index in [-0.39, 0.29) is 12.1 Å². The number of benzene rings is 4. The second-order valence-corrected chi connectivity index (χ2v) is 8.94. The zero-order valence-corrected chi connectivity index (χ0v) is 19.5. The molecular weight excluding hydrogens is 440 g/mol. The van der Waals surface area contributed by atoms with Gasteiger partial charge in [-0.05, 0) is 35.9 Å². The molecule has 0 saturated heterocycles. The quantitative estimate of drug-likeness (QED) is 0.344. The highest BCUT2D eigenvalue weighted by molar-refractivity contribution is 6.32. The van der Waals surface area contributed by atoms with Gasteiger partial charge in [0.2, 0.25) is 0 Å². The van der Waals surface area contributed by atoms with Crippen LogP contribution in [0.25, 0.3) is 0 Å². The number of amidine groups is 1. The highest BCUT2D eigenvalue weighted by atomic mass is 35.5. The van der Waals surface area contributed by atoms with Gasteiger partial charge in [0, 0.05) is 23.2 Å². The summed E-state index contributed by atoms with van der Waals surface area (Å²) in [4.78, 5) is 7.58. The monoisotopic (exact) mass is 462 g/mol. The highest BCUT2D eigenvalue weighted by Gasteiger charge is 2.43. The maximum atomic E-state index is 6.47. The van der Waals surface area contributed by atoms with E-state index in [0.29, 0.717) is 5.02 Å². The molecule has 0 N–H and O–H groups in total. The van der Waals surface area contributed by atoms with Gasteiger partial charge >= 0.3 is 0 Å².